The Hall–Kier alpha value is -2.60. The van der Waals surface area contributed by atoms with Crippen molar-refractivity contribution in [3.63, 3.8) is 0 Å². The van der Waals surface area contributed by atoms with E-state index in [0.29, 0.717) is 16.1 Å². The van der Waals surface area contributed by atoms with Gasteiger partial charge in [0, 0.05) is 24.1 Å². The number of hydrogen-bond acceptors (Lipinski definition) is 4. The van der Waals surface area contributed by atoms with Crippen LogP contribution in [0.1, 0.15) is 25.8 Å². The van der Waals surface area contributed by atoms with Gasteiger partial charge < -0.3 is 10.5 Å². The van der Waals surface area contributed by atoms with E-state index in [4.69, 9.17) is 22.1 Å². The van der Waals surface area contributed by atoms with Gasteiger partial charge in [-0.3, -0.25) is 9.69 Å². The average molecular weight is 388 g/mol. The highest BCUT2D eigenvalue weighted by atomic mass is 35.5. The Morgan fingerprint density at radius 2 is 2.00 bits per heavy atom. The lowest BCUT2D eigenvalue weighted by molar-refractivity contribution is -0.133. The zero-order chi connectivity index (χ0) is 19.6. The van der Waals surface area contributed by atoms with Crippen molar-refractivity contribution in [2.24, 2.45) is 10.7 Å². The molecule has 2 N–H and O–H groups in total. The number of rotatable bonds is 1. The Morgan fingerprint density at radius 3 is 2.63 bits per heavy atom. The van der Waals surface area contributed by atoms with Crippen LogP contribution in [-0.4, -0.2) is 29.4 Å². The summed E-state index contributed by atoms with van der Waals surface area (Å²) in [6.45, 7) is 3.61. The summed E-state index contributed by atoms with van der Waals surface area (Å²) in [5.41, 5.74) is 5.56. The van der Waals surface area contributed by atoms with E-state index in [1.807, 2.05) is 6.07 Å². The fraction of sp³-hybridized carbons (Fsp3) is 0.300. The number of hydrogen-bond donors (Lipinski definition) is 1. The van der Waals surface area contributed by atoms with Crippen molar-refractivity contribution >= 4 is 23.5 Å². The van der Waals surface area contributed by atoms with Gasteiger partial charge in [-0.05, 0) is 49.2 Å². The first-order valence-electron chi connectivity index (χ1n) is 8.55. The molecule has 2 aromatic rings. The second-order valence-corrected chi connectivity index (χ2v) is 8.01. The molecule has 0 bridgehead atoms. The van der Waals surface area contributed by atoms with E-state index in [0.717, 1.165) is 5.56 Å². The van der Waals surface area contributed by atoms with Gasteiger partial charge in [-0.1, -0.05) is 23.7 Å². The monoisotopic (exact) mass is 387 g/mol. The molecule has 27 heavy (non-hydrogen) atoms. The molecular weight excluding hydrogens is 369 g/mol. The molecule has 4 rings (SSSR count). The fourth-order valence-corrected chi connectivity index (χ4v) is 4.04. The van der Waals surface area contributed by atoms with Crippen molar-refractivity contribution in [1.29, 1.82) is 0 Å². The van der Waals surface area contributed by atoms with Crippen LogP contribution in [0.4, 0.5) is 4.39 Å². The minimum atomic E-state index is -1.30. The predicted octanol–water partition coefficient (Wildman–Crippen LogP) is 3.69. The summed E-state index contributed by atoms with van der Waals surface area (Å²) in [6, 6.07) is 10.2. The smallest absolute Gasteiger partial charge is 0.261 e. The van der Waals surface area contributed by atoms with Gasteiger partial charge in [0.1, 0.15) is 5.60 Å². The van der Waals surface area contributed by atoms with Crippen molar-refractivity contribution in [2.75, 3.05) is 7.05 Å². The molecule has 1 spiro atoms. The Morgan fingerprint density at radius 1 is 1.26 bits per heavy atom. The van der Waals surface area contributed by atoms with Gasteiger partial charge in [-0.2, -0.15) is 0 Å². The summed E-state index contributed by atoms with van der Waals surface area (Å²) in [6.07, 6.45) is 0.259. The number of guanidine groups is 1. The maximum Gasteiger partial charge on any atom is 0.261 e. The van der Waals surface area contributed by atoms with Crippen molar-refractivity contribution in [3.8, 4) is 16.9 Å². The standard InChI is InChI=1S/C20H19ClFN3O2/c1-19(2)10-20(17(26)25(3)18(23)24-20)14-8-12(9-15(22)16(14)27-19)11-5-4-6-13(21)7-11/h4-9H,10H2,1-3H3,(H2,23,24). The first-order valence-corrected chi connectivity index (χ1v) is 8.93. The van der Waals surface area contributed by atoms with E-state index in [2.05, 4.69) is 4.99 Å². The number of benzene rings is 2. The van der Waals surface area contributed by atoms with Gasteiger partial charge >= 0.3 is 0 Å². The second kappa shape index (κ2) is 5.70. The lowest BCUT2D eigenvalue weighted by Crippen LogP contribution is -2.49. The molecular formula is C20H19ClFN3O2. The largest absolute Gasteiger partial charge is 0.484 e. The first-order chi connectivity index (χ1) is 12.6. The van der Waals surface area contributed by atoms with Crippen LogP contribution >= 0.6 is 11.6 Å². The molecule has 0 aromatic heterocycles. The number of amides is 1. The molecule has 5 nitrogen and oxygen atoms in total. The Labute approximate surface area is 161 Å². The van der Waals surface area contributed by atoms with E-state index in [1.54, 1.807) is 45.2 Å². The molecule has 1 amide bonds. The Bertz CT molecular complexity index is 1000. The van der Waals surface area contributed by atoms with Gasteiger partial charge in [0.2, 0.25) is 0 Å². The van der Waals surface area contributed by atoms with Crippen LogP contribution in [0, 0.1) is 5.82 Å². The zero-order valence-corrected chi connectivity index (χ0v) is 16.0. The Kier molecular flexibility index (Phi) is 3.75. The van der Waals surface area contributed by atoms with Crippen molar-refractivity contribution < 1.29 is 13.9 Å². The summed E-state index contributed by atoms with van der Waals surface area (Å²) in [5.74, 6) is -0.694. The molecule has 0 fully saturated rings. The minimum Gasteiger partial charge on any atom is -0.484 e. The van der Waals surface area contributed by atoms with Gasteiger partial charge in [-0.25, -0.2) is 9.38 Å². The highest BCUT2D eigenvalue weighted by Gasteiger charge is 2.56. The number of nitrogens with zero attached hydrogens (tertiary/aromatic N) is 2. The lowest BCUT2D eigenvalue weighted by atomic mass is 9.76. The van der Waals surface area contributed by atoms with E-state index >= 15 is 4.39 Å². The molecule has 1 unspecified atom stereocenters. The molecule has 0 aliphatic carbocycles. The maximum absolute atomic E-state index is 15.1. The van der Waals surface area contributed by atoms with Crippen molar-refractivity contribution in [1.82, 2.24) is 4.90 Å². The zero-order valence-electron chi connectivity index (χ0n) is 15.2. The summed E-state index contributed by atoms with van der Waals surface area (Å²) in [5, 5.41) is 0.539. The highest BCUT2D eigenvalue weighted by Crippen LogP contribution is 2.50. The van der Waals surface area contributed by atoms with Crippen molar-refractivity contribution in [3.05, 3.63) is 52.8 Å². The highest BCUT2D eigenvalue weighted by molar-refractivity contribution is 6.30. The first kappa shape index (κ1) is 17.8. The van der Waals surface area contributed by atoms with E-state index in [9.17, 15) is 4.79 Å². The van der Waals surface area contributed by atoms with E-state index < -0.39 is 17.0 Å². The number of aliphatic imine (C=N–C) groups is 1. The van der Waals surface area contributed by atoms with Crippen LogP contribution in [0.5, 0.6) is 5.75 Å². The van der Waals surface area contributed by atoms with E-state index in [1.165, 1.54) is 11.0 Å². The number of ether oxygens (including phenoxy) is 1. The lowest BCUT2D eigenvalue weighted by Gasteiger charge is -2.41. The van der Waals surface area contributed by atoms with E-state index in [-0.39, 0.29) is 24.0 Å². The molecule has 0 radical (unpaired) electrons. The van der Waals surface area contributed by atoms with Crippen LogP contribution in [0.25, 0.3) is 11.1 Å². The summed E-state index contributed by atoms with van der Waals surface area (Å²) in [4.78, 5) is 18.9. The van der Waals surface area contributed by atoms with Gasteiger partial charge in [0.15, 0.2) is 23.1 Å². The van der Waals surface area contributed by atoms with Crippen molar-refractivity contribution in [2.45, 2.75) is 31.4 Å². The fourth-order valence-electron chi connectivity index (χ4n) is 3.85. The molecule has 0 saturated carbocycles. The molecule has 2 heterocycles. The van der Waals surface area contributed by atoms with Gasteiger partial charge in [0.25, 0.3) is 5.91 Å². The minimum absolute atomic E-state index is 0.0391. The van der Waals surface area contributed by atoms with Crippen LogP contribution in [0.15, 0.2) is 41.4 Å². The van der Waals surface area contributed by atoms with Crippen LogP contribution in [-0.2, 0) is 10.3 Å². The maximum atomic E-state index is 15.1. The number of nitrogens with two attached hydrogens (primary N) is 1. The average Bonchev–Trinajstić information content (AvgIpc) is 2.79. The normalized spacial score (nSPS) is 23.2. The molecule has 2 aliphatic heterocycles. The molecule has 2 aliphatic rings. The predicted molar refractivity (Wildman–Crippen MR) is 102 cm³/mol. The summed E-state index contributed by atoms with van der Waals surface area (Å²) in [7, 11) is 1.56. The second-order valence-electron chi connectivity index (χ2n) is 7.58. The molecule has 2 aromatic carbocycles. The third-order valence-corrected chi connectivity index (χ3v) is 5.25. The molecule has 7 heteroatoms. The SMILES string of the molecule is CN1C(=O)C2(CC(C)(C)Oc3c(F)cc(-c4cccc(Cl)c4)cc32)N=C1N. The number of halogens is 2. The molecule has 0 saturated heterocycles. The third-order valence-electron chi connectivity index (χ3n) is 5.01. The van der Waals surface area contributed by atoms with Gasteiger partial charge in [-0.15, -0.1) is 0 Å². The van der Waals surface area contributed by atoms with Gasteiger partial charge in [0.05, 0.1) is 0 Å². The number of carbonyl (C=O) groups is 1. The number of carbonyl (C=O) groups excluding carboxylic acids is 1. The Balaban J connectivity index is 1.99. The molecule has 140 valence electrons. The number of likely N-dealkylation sites (N-methyl/N-ethyl adjacent to an activating group) is 1. The third kappa shape index (κ3) is 2.67. The number of fused-ring (bicyclic) bond motifs is 2. The molecule has 1 atom stereocenters. The summed E-state index contributed by atoms with van der Waals surface area (Å²) >= 11 is 6.08. The van der Waals surface area contributed by atoms with Crippen LogP contribution in [0.2, 0.25) is 5.02 Å². The quantitative estimate of drug-likeness (QED) is 0.811. The summed E-state index contributed by atoms with van der Waals surface area (Å²) < 4.78 is 20.9. The van der Waals surface area contributed by atoms with Crippen LogP contribution in [0.3, 0.4) is 0 Å². The topological polar surface area (TPSA) is 67.9 Å². The van der Waals surface area contributed by atoms with Crippen LogP contribution < -0.4 is 10.5 Å².